The van der Waals surface area contributed by atoms with E-state index in [1.54, 1.807) is 0 Å². The zero-order valence-corrected chi connectivity index (χ0v) is 10.6. The Balaban J connectivity index is 2.40. The van der Waals surface area contributed by atoms with Crippen LogP contribution in [0.3, 0.4) is 0 Å². The maximum atomic E-state index is 10.7. The Kier molecular flexibility index (Phi) is 4.73. The molecule has 1 rings (SSSR count). The van der Waals surface area contributed by atoms with Gasteiger partial charge in [0.1, 0.15) is 16.5 Å². The molecule has 9 heteroatoms. The van der Waals surface area contributed by atoms with Crippen LogP contribution in [0.5, 0.6) is 0 Å². The van der Waals surface area contributed by atoms with Crippen molar-refractivity contribution in [2.75, 3.05) is 17.6 Å². The second kappa shape index (κ2) is 5.84. The first kappa shape index (κ1) is 13.7. The fourth-order valence-electron chi connectivity index (χ4n) is 1.04. The normalized spacial score (nSPS) is 11.1. The average Bonchev–Trinajstić information content (AvgIpc) is 2.24. The van der Waals surface area contributed by atoms with Crippen molar-refractivity contribution in [3.63, 3.8) is 0 Å². The Bertz CT molecular complexity index is 485. The van der Waals surface area contributed by atoms with Gasteiger partial charge in [-0.25, -0.2) is 23.5 Å². The Morgan fingerprint density at radius 1 is 1.41 bits per heavy atom. The Hall–Kier alpha value is -1.32. The van der Waals surface area contributed by atoms with Crippen LogP contribution in [0.4, 0.5) is 5.82 Å². The molecule has 0 aliphatic heterocycles. The molecule has 0 aromatic carbocycles. The SMILES string of the molecule is NC(=S)c1cnc(NCCCS(N)(=O)=O)cn1. The fraction of sp³-hybridized carbons (Fsp3) is 0.375. The van der Waals surface area contributed by atoms with Crippen molar-refractivity contribution in [2.45, 2.75) is 6.42 Å². The number of aromatic nitrogens is 2. The third-order valence-corrected chi connectivity index (χ3v) is 2.88. The van der Waals surface area contributed by atoms with E-state index < -0.39 is 10.0 Å². The number of primary sulfonamides is 1. The highest BCUT2D eigenvalue weighted by Gasteiger charge is 2.02. The molecule has 0 fully saturated rings. The molecule has 7 nitrogen and oxygen atoms in total. The molecule has 0 aliphatic carbocycles. The standard InChI is InChI=1S/C8H13N5O2S2/c9-8(16)6-4-13-7(5-12-6)11-2-1-3-17(10,14)15/h4-5H,1-3H2,(H2,9,16)(H,11,13)(H2,10,14,15). The van der Waals surface area contributed by atoms with Crippen molar-refractivity contribution in [3.05, 3.63) is 18.1 Å². The topological polar surface area (TPSA) is 124 Å². The molecule has 1 heterocycles. The summed E-state index contributed by atoms with van der Waals surface area (Å²) in [6.45, 7) is 0.442. The Labute approximate surface area is 105 Å². The van der Waals surface area contributed by atoms with E-state index in [1.165, 1.54) is 12.4 Å². The number of rotatable bonds is 6. The van der Waals surface area contributed by atoms with Gasteiger partial charge >= 0.3 is 0 Å². The lowest BCUT2D eigenvalue weighted by atomic mass is 10.4. The zero-order valence-electron chi connectivity index (χ0n) is 8.96. The van der Waals surface area contributed by atoms with Crippen LogP contribution in [0, 0.1) is 0 Å². The van der Waals surface area contributed by atoms with Crippen molar-refractivity contribution in [1.29, 1.82) is 0 Å². The van der Waals surface area contributed by atoms with Crippen molar-refractivity contribution in [2.24, 2.45) is 10.9 Å². The molecule has 0 radical (unpaired) electrons. The van der Waals surface area contributed by atoms with E-state index in [0.29, 0.717) is 24.5 Å². The van der Waals surface area contributed by atoms with Gasteiger partial charge in [0.2, 0.25) is 10.0 Å². The quantitative estimate of drug-likeness (QED) is 0.458. The second-order valence-corrected chi connectivity index (χ2v) is 5.47. The van der Waals surface area contributed by atoms with Crippen LogP contribution in [0.15, 0.2) is 12.4 Å². The maximum Gasteiger partial charge on any atom is 0.209 e. The molecule has 0 saturated heterocycles. The number of thiocarbonyl (C=S) groups is 1. The van der Waals surface area contributed by atoms with Gasteiger partial charge in [-0.05, 0) is 6.42 Å². The van der Waals surface area contributed by atoms with Crippen molar-refractivity contribution in [3.8, 4) is 0 Å². The van der Waals surface area contributed by atoms with Crippen molar-refractivity contribution < 1.29 is 8.42 Å². The lowest BCUT2D eigenvalue weighted by Crippen LogP contribution is -2.19. The van der Waals surface area contributed by atoms with E-state index in [9.17, 15) is 8.42 Å². The summed E-state index contributed by atoms with van der Waals surface area (Å²) in [6.07, 6.45) is 3.33. The first-order valence-corrected chi connectivity index (χ1v) is 6.87. The lowest BCUT2D eigenvalue weighted by Gasteiger charge is -2.04. The molecule has 0 bridgehead atoms. The van der Waals surface area contributed by atoms with Crippen LogP contribution in [0.25, 0.3) is 0 Å². The minimum atomic E-state index is -3.41. The van der Waals surface area contributed by atoms with Gasteiger partial charge in [0.15, 0.2) is 0 Å². The first-order valence-electron chi connectivity index (χ1n) is 4.75. The number of anilines is 1. The first-order chi connectivity index (χ1) is 7.88. The molecule has 1 aromatic rings. The second-order valence-electron chi connectivity index (χ2n) is 3.30. The molecule has 0 amide bonds. The number of sulfonamides is 1. The summed E-state index contributed by atoms with van der Waals surface area (Å²) in [5, 5.41) is 7.76. The molecule has 0 saturated carbocycles. The highest BCUT2D eigenvalue weighted by Crippen LogP contribution is 2.01. The van der Waals surface area contributed by atoms with Crippen LogP contribution >= 0.6 is 12.2 Å². The zero-order chi connectivity index (χ0) is 12.9. The maximum absolute atomic E-state index is 10.7. The summed E-state index contributed by atoms with van der Waals surface area (Å²) in [5.74, 6) is 0.456. The smallest absolute Gasteiger partial charge is 0.209 e. The summed E-state index contributed by atoms with van der Waals surface area (Å²) in [5.41, 5.74) is 5.80. The number of nitrogens with one attached hydrogen (secondary N) is 1. The van der Waals surface area contributed by atoms with Crippen LogP contribution in [-0.4, -0.2) is 35.7 Å². The van der Waals surface area contributed by atoms with Crippen LogP contribution in [-0.2, 0) is 10.0 Å². The van der Waals surface area contributed by atoms with Gasteiger partial charge in [-0.1, -0.05) is 12.2 Å². The predicted molar refractivity (Wildman–Crippen MR) is 69.0 cm³/mol. The molecule has 5 N–H and O–H groups in total. The Morgan fingerprint density at radius 3 is 2.59 bits per heavy atom. The summed E-state index contributed by atoms with van der Waals surface area (Å²) in [4.78, 5) is 8.16. The number of hydrogen-bond acceptors (Lipinski definition) is 6. The molecule has 0 unspecified atom stereocenters. The van der Waals surface area contributed by atoms with Gasteiger partial charge in [0.05, 0.1) is 18.1 Å². The van der Waals surface area contributed by atoms with E-state index >= 15 is 0 Å². The third kappa shape index (κ3) is 5.52. The largest absolute Gasteiger partial charge is 0.388 e. The molecular formula is C8H13N5O2S2. The van der Waals surface area contributed by atoms with Gasteiger partial charge in [-0.15, -0.1) is 0 Å². The highest BCUT2D eigenvalue weighted by atomic mass is 32.2. The predicted octanol–water partition coefficient (Wildman–Crippen LogP) is -0.799. The molecule has 1 aromatic heterocycles. The summed E-state index contributed by atoms with van der Waals surface area (Å²) in [6, 6.07) is 0. The Morgan fingerprint density at radius 2 is 2.12 bits per heavy atom. The van der Waals surface area contributed by atoms with Crippen molar-refractivity contribution in [1.82, 2.24) is 9.97 Å². The summed E-state index contributed by atoms with van der Waals surface area (Å²) >= 11 is 4.73. The average molecular weight is 275 g/mol. The highest BCUT2D eigenvalue weighted by molar-refractivity contribution is 7.89. The van der Waals surface area contributed by atoms with Crippen LogP contribution < -0.4 is 16.2 Å². The fourth-order valence-corrected chi connectivity index (χ4v) is 1.69. The van der Waals surface area contributed by atoms with Gasteiger partial charge < -0.3 is 11.1 Å². The number of hydrogen-bond donors (Lipinski definition) is 3. The van der Waals surface area contributed by atoms with E-state index in [1.807, 2.05) is 0 Å². The van der Waals surface area contributed by atoms with Gasteiger partial charge in [0.25, 0.3) is 0 Å². The van der Waals surface area contributed by atoms with Crippen molar-refractivity contribution >= 4 is 33.0 Å². The van der Waals surface area contributed by atoms with Gasteiger partial charge in [-0.2, -0.15) is 0 Å². The van der Waals surface area contributed by atoms with Gasteiger partial charge in [-0.3, -0.25) is 0 Å². The molecular weight excluding hydrogens is 262 g/mol. The van der Waals surface area contributed by atoms with E-state index in [0.717, 1.165) is 0 Å². The monoisotopic (exact) mass is 275 g/mol. The van der Waals surface area contributed by atoms with Crippen LogP contribution in [0.2, 0.25) is 0 Å². The van der Waals surface area contributed by atoms with Crippen LogP contribution in [0.1, 0.15) is 12.1 Å². The molecule has 94 valence electrons. The molecule has 0 spiro atoms. The van der Waals surface area contributed by atoms with E-state index in [4.69, 9.17) is 23.1 Å². The molecule has 0 atom stereocenters. The number of nitrogens with zero attached hydrogens (tertiary/aromatic N) is 2. The van der Waals surface area contributed by atoms with Gasteiger partial charge in [0, 0.05) is 6.54 Å². The molecule has 0 aliphatic rings. The summed E-state index contributed by atoms with van der Waals surface area (Å²) < 4.78 is 21.3. The third-order valence-electron chi connectivity index (χ3n) is 1.82. The lowest BCUT2D eigenvalue weighted by molar-refractivity contribution is 0.595. The minimum Gasteiger partial charge on any atom is -0.388 e. The minimum absolute atomic E-state index is 0.0710. The van der Waals surface area contributed by atoms with E-state index in [2.05, 4.69) is 15.3 Å². The summed E-state index contributed by atoms with van der Waals surface area (Å²) in [7, 11) is -3.41. The number of nitrogens with two attached hydrogens (primary N) is 2. The molecule has 17 heavy (non-hydrogen) atoms. The van der Waals surface area contributed by atoms with E-state index in [-0.39, 0.29) is 10.7 Å².